The van der Waals surface area contributed by atoms with Crippen LogP contribution in [0.2, 0.25) is 0 Å². The SMILES string of the molecule is O=C(CN1CCCC(CO)C1)N(Cc1ccccc1)c1nc(-c2ccc(F)cc2)cs1. The Hall–Kier alpha value is -2.61. The summed E-state index contributed by atoms with van der Waals surface area (Å²) in [4.78, 5) is 21.9. The second-order valence-corrected chi connectivity index (χ2v) is 8.75. The van der Waals surface area contributed by atoms with Gasteiger partial charge in [0.05, 0.1) is 18.8 Å². The molecule has 1 unspecified atom stereocenters. The second kappa shape index (κ2) is 10.1. The van der Waals surface area contributed by atoms with E-state index < -0.39 is 0 Å². The third kappa shape index (κ3) is 5.55. The third-order valence-corrected chi connectivity index (χ3v) is 6.43. The molecule has 0 spiro atoms. The molecule has 0 bridgehead atoms. The number of hydrogen-bond donors (Lipinski definition) is 1. The van der Waals surface area contributed by atoms with Crippen LogP contribution in [0.5, 0.6) is 0 Å². The highest BCUT2D eigenvalue weighted by molar-refractivity contribution is 7.14. The Balaban J connectivity index is 1.55. The number of piperidine rings is 1. The van der Waals surface area contributed by atoms with Gasteiger partial charge in [-0.1, -0.05) is 30.3 Å². The zero-order valence-corrected chi connectivity index (χ0v) is 18.1. The van der Waals surface area contributed by atoms with Crippen molar-refractivity contribution in [3.63, 3.8) is 0 Å². The molecule has 5 nitrogen and oxygen atoms in total. The number of hydrogen-bond acceptors (Lipinski definition) is 5. The number of rotatable bonds is 7. The Kier molecular flexibility index (Phi) is 7.06. The maximum absolute atomic E-state index is 13.3. The van der Waals surface area contributed by atoms with Gasteiger partial charge in [0.2, 0.25) is 5.91 Å². The normalized spacial score (nSPS) is 16.9. The molecule has 1 aromatic heterocycles. The van der Waals surface area contributed by atoms with E-state index in [1.165, 1.54) is 23.5 Å². The number of aromatic nitrogens is 1. The molecule has 2 heterocycles. The zero-order valence-electron chi connectivity index (χ0n) is 17.3. The largest absolute Gasteiger partial charge is 0.396 e. The van der Waals surface area contributed by atoms with Gasteiger partial charge in [0.1, 0.15) is 5.82 Å². The van der Waals surface area contributed by atoms with Crippen LogP contribution in [0.3, 0.4) is 0 Å². The van der Waals surface area contributed by atoms with E-state index in [4.69, 9.17) is 4.98 Å². The number of likely N-dealkylation sites (tertiary alicyclic amines) is 1. The standard InChI is InChI=1S/C24H26FN3O2S/c25-21-10-8-20(9-11-21)22-17-31-24(26-22)28(14-18-5-2-1-3-6-18)23(30)15-27-12-4-7-19(13-27)16-29/h1-3,5-6,8-11,17,19,29H,4,7,12-16H2. The van der Waals surface area contributed by atoms with Crippen molar-refractivity contribution in [2.75, 3.05) is 31.1 Å². The molecule has 1 amide bonds. The average molecular weight is 440 g/mol. The van der Waals surface area contributed by atoms with Gasteiger partial charge in [-0.15, -0.1) is 11.3 Å². The first-order valence-corrected chi connectivity index (χ1v) is 11.4. The molecule has 7 heteroatoms. The van der Waals surface area contributed by atoms with Crippen molar-refractivity contribution in [2.24, 2.45) is 5.92 Å². The molecule has 1 fully saturated rings. The van der Waals surface area contributed by atoms with Crippen LogP contribution in [0.1, 0.15) is 18.4 Å². The summed E-state index contributed by atoms with van der Waals surface area (Å²) in [5, 5.41) is 12.0. The van der Waals surface area contributed by atoms with Crippen LogP contribution in [0.4, 0.5) is 9.52 Å². The Bertz CT molecular complexity index is 994. The highest BCUT2D eigenvalue weighted by atomic mass is 32.1. The zero-order chi connectivity index (χ0) is 21.6. The maximum Gasteiger partial charge on any atom is 0.243 e. The van der Waals surface area contributed by atoms with E-state index in [0.717, 1.165) is 42.8 Å². The van der Waals surface area contributed by atoms with E-state index in [9.17, 15) is 14.3 Å². The summed E-state index contributed by atoms with van der Waals surface area (Å²) in [7, 11) is 0. The molecule has 0 saturated carbocycles. The number of thiazole rings is 1. The molecule has 31 heavy (non-hydrogen) atoms. The molecular weight excluding hydrogens is 413 g/mol. The number of benzene rings is 2. The van der Waals surface area contributed by atoms with Crippen LogP contribution in [0.25, 0.3) is 11.3 Å². The van der Waals surface area contributed by atoms with Gasteiger partial charge in [-0.25, -0.2) is 9.37 Å². The van der Waals surface area contributed by atoms with Gasteiger partial charge in [0.15, 0.2) is 5.13 Å². The minimum atomic E-state index is -0.289. The van der Waals surface area contributed by atoms with E-state index >= 15 is 0 Å². The monoisotopic (exact) mass is 439 g/mol. The van der Waals surface area contributed by atoms with Crippen molar-refractivity contribution in [1.29, 1.82) is 0 Å². The molecular formula is C24H26FN3O2S. The number of amides is 1. The molecule has 1 atom stereocenters. The van der Waals surface area contributed by atoms with E-state index in [0.29, 0.717) is 18.2 Å². The summed E-state index contributed by atoms with van der Waals surface area (Å²) in [6.07, 6.45) is 1.99. The fourth-order valence-electron chi connectivity index (χ4n) is 3.89. The van der Waals surface area contributed by atoms with Crippen LogP contribution in [-0.4, -0.2) is 47.1 Å². The van der Waals surface area contributed by atoms with Crippen molar-refractivity contribution in [3.8, 4) is 11.3 Å². The van der Waals surface area contributed by atoms with Gasteiger partial charge < -0.3 is 5.11 Å². The lowest BCUT2D eigenvalue weighted by Crippen LogP contribution is -2.44. The highest BCUT2D eigenvalue weighted by Crippen LogP contribution is 2.29. The van der Waals surface area contributed by atoms with Crippen LogP contribution in [-0.2, 0) is 11.3 Å². The van der Waals surface area contributed by atoms with Gasteiger partial charge in [-0.05, 0) is 55.1 Å². The molecule has 1 N–H and O–H groups in total. The van der Waals surface area contributed by atoms with Gasteiger partial charge >= 0.3 is 0 Å². The van der Waals surface area contributed by atoms with Gasteiger partial charge in [0.25, 0.3) is 0 Å². The van der Waals surface area contributed by atoms with Crippen molar-refractivity contribution < 1.29 is 14.3 Å². The minimum absolute atomic E-state index is 0.0116. The van der Waals surface area contributed by atoms with E-state index in [2.05, 4.69) is 4.90 Å². The molecule has 162 valence electrons. The minimum Gasteiger partial charge on any atom is -0.396 e. The number of carbonyl (C=O) groups excluding carboxylic acids is 1. The molecule has 2 aromatic carbocycles. The van der Waals surface area contributed by atoms with Crippen molar-refractivity contribution in [1.82, 2.24) is 9.88 Å². The van der Waals surface area contributed by atoms with Crippen LogP contribution >= 0.6 is 11.3 Å². The molecule has 1 aliphatic rings. The average Bonchev–Trinajstić information content (AvgIpc) is 3.28. The molecule has 4 rings (SSSR count). The smallest absolute Gasteiger partial charge is 0.243 e. The maximum atomic E-state index is 13.3. The molecule has 3 aromatic rings. The lowest BCUT2D eigenvalue weighted by molar-refractivity contribution is -0.120. The molecule has 1 aliphatic heterocycles. The first-order chi connectivity index (χ1) is 15.1. The summed E-state index contributed by atoms with van der Waals surface area (Å²) < 4.78 is 13.3. The number of nitrogens with zero attached hydrogens (tertiary/aromatic N) is 3. The predicted octanol–water partition coefficient (Wildman–Crippen LogP) is 4.19. The molecule has 0 aliphatic carbocycles. The van der Waals surface area contributed by atoms with Crippen molar-refractivity contribution in [3.05, 3.63) is 71.4 Å². The van der Waals surface area contributed by atoms with Gasteiger partial charge in [-0.2, -0.15) is 0 Å². The fourth-order valence-corrected chi connectivity index (χ4v) is 4.74. The van der Waals surface area contributed by atoms with Crippen LogP contribution in [0, 0.1) is 11.7 Å². The van der Waals surface area contributed by atoms with Gasteiger partial charge in [0, 0.05) is 24.1 Å². The third-order valence-electron chi connectivity index (χ3n) is 5.57. The Labute approximate surface area is 185 Å². The Morgan fingerprint density at radius 2 is 1.97 bits per heavy atom. The lowest BCUT2D eigenvalue weighted by Gasteiger charge is -2.32. The summed E-state index contributed by atoms with van der Waals surface area (Å²) in [5.41, 5.74) is 2.57. The number of anilines is 1. The number of carbonyl (C=O) groups is 1. The topological polar surface area (TPSA) is 56.7 Å². The predicted molar refractivity (Wildman–Crippen MR) is 121 cm³/mol. The Morgan fingerprint density at radius 1 is 1.19 bits per heavy atom. The Morgan fingerprint density at radius 3 is 2.71 bits per heavy atom. The van der Waals surface area contributed by atoms with Crippen molar-refractivity contribution >= 4 is 22.4 Å². The van der Waals surface area contributed by atoms with Crippen LogP contribution < -0.4 is 4.90 Å². The highest BCUT2D eigenvalue weighted by Gasteiger charge is 2.25. The lowest BCUT2D eigenvalue weighted by atomic mass is 9.99. The molecule has 1 saturated heterocycles. The summed E-state index contributed by atoms with van der Waals surface area (Å²) in [6, 6.07) is 16.1. The summed E-state index contributed by atoms with van der Waals surface area (Å²) in [6.45, 7) is 2.49. The van der Waals surface area contributed by atoms with Gasteiger partial charge in [-0.3, -0.25) is 14.6 Å². The second-order valence-electron chi connectivity index (χ2n) is 7.91. The first kappa shape index (κ1) is 21.6. The summed E-state index contributed by atoms with van der Waals surface area (Å²) in [5.74, 6) is -0.0701. The van der Waals surface area contributed by atoms with E-state index in [1.54, 1.807) is 17.0 Å². The molecule has 0 radical (unpaired) electrons. The quantitative estimate of drug-likeness (QED) is 0.600. The fraction of sp³-hybridized carbons (Fsp3) is 0.333. The van der Waals surface area contributed by atoms with Crippen LogP contribution in [0.15, 0.2) is 60.0 Å². The number of aliphatic hydroxyl groups excluding tert-OH is 1. The number of halogens is 1. The van der Waals surface area contributed by atoms with E-state index in [-0.39, 0.29) is 24.2 Å². The van der Waals surface area contributed by atoms with Crippen molar-refractivity contribution in [2.45, 2.75) is 19.4 Å². The summed E-state index contributed by atoms with van der Waals surface area (Å²) >= 11 is 1.41. The first-order valence-electron chi connectivity index (χ1n) is 10.5. The van der Waals surface area contributed by atoms with E-state index in [1.807, 2.05) is 35.7 Å². The number of aliphatic hydroxyl groups is 1.